The molecule has 0 radical (unpaired) electrons. The number of H-pyrrole nitrogens is 1. The summed E-state index contributed by atoms with van der Waals surface area (Å²) in [6.07, 6.45) is 0.0153. The Morgan fingerprint density at radius 2 is 2.58 bits per heavy atom. The Morgan fingerprint density at radius 1 is 1.83 bits per heavy atom. The van der Waals surface area contributed by atoms with Crippen LogP contribution in [0.5, 0.6) is 0 Å². The van der Waals surface area contributed by atoms with E-state index in [1.807, 2.05) is 0 Å². The number of hydrogen-bond acceptors (Lipinski definition) is 6. The summed E-state index contributed by atoms with van der Waals surface area (Å²) in [4.78, 5) is 10.9. The maximum Gasteiger partial charge on any atom is 0.314 e. The number of nitrogens with zero attached hydrogens (tertiary/aromatic N) is 3. The molecular weight excluding hydrogens is 180 g/mol. The summed E-state index contributed by atoms with van der Waals surface area (Å²) in [6.45, 7) is 1.65. The molecule has 1 aromatic heterocycles. The molecule has 0 fully saturated rings. The van der Waals surface area contributed by atoms with Crippen LogP contribution >= 0.6 is 12.6 Å². The summed E-state index contributed by atoms with van der Waals surface area (Å²) in [5.74, 6) is -0.104. The van der Waals surface area contributed by atoms with Gasteiger partial charge in [0.2, 0.25) is 0 Å². The van der Waals surface area contributed by atoms with Crippen molar-refractivity contribution in [2.45, 2.75) is 18.8 Å². The van der Waals surface area contributed by atoms with Gasteiger partial charge in [0.15, 0.2) is 5.82 Å². The quantitative estimate of drug-likeness (QED) is 0.382. The molecular formula is C5H8N4O2S. The molecule has 0 aliphatic heterocycles. The van der Waals surface area contributed by atoms with Crippen molar-refractivity contribution in [2.75, 3.05) is 0 Å². The van der Waals surface area contributed by atoms with E-state index in [2.05, 4.69) is 33.3 Å². The van der Waals surface area contributed by atoms with E-state index in [-0.39, 0.29) is 6.42 Å². The Hall–Kier alpha value is -1.11. The molecule has 0 spiro atoms. The summed E-state index contributed by atoms with van der Waals surface area (Å²) >= 11 is 3.88. The van der Waals surface area contributed by atoms with Gasteiger partial charge in [-0.05, 0) is 6.92 Å². The lowest BCUT2D eigenvalue weighted by Crippen LogP contribution is -2.12. The minimum atomic E-state index is -0.418. The van der Waals surface area contributed by atoms with Crippen LogP contribution in [-0.4, -0.2) is 32.0 Å². The molecule has 7 heteroatoms. The fourth-order valence-electron chi connectivity index (χ4n) is 0.618. The average molecular weight is 188 g/mol. The minimum absolute atomic E-state index is 0.0153. The molecule has 1 aromatic rings. The van der Waals surface area contributed by atoms with Crippen LogP contribution in [0.25, 0.3) is 0 Å². The van der Waals surface area contributed by atoms with Gasteiger partial charge in [-0.25, -0.2) is 0 Å². The third-order valence-electron chi connectivity index (χ3n) is 0.994. The van der Waals surface area contributed by atoms with Crippen molar-refractivity contribution in [1.82, 2.24) is 20.6 Å². The molecule has 1 heterocycles. The predicted molar refractivity (Wildman–Crippen MR) is 42.4 cm³/mol. The first-order chi connectivity index (χ1) is 5.68. The Morgan fingerprint density at radius 3 is 3.08 bits per heavy atom. The first-order valence-corrected chi connectivity index (χ1v) is 3.80. The number of aromatic amines is 1. The normalized spacial score (nSPS) is 12.5. The van der Waals surface area contributed by atoms with Crippen LogP contribution in [0.2, 0.25) is 0 Å². The van der Waals surface area contributed by atoms with Gasteiger partial charge in [-0.2, -0.15) is 5.21 Å². The number of nitrogens with one attached hydrogen (secondary N) is 1. The Bertz CT molecular complexity index is 248. The van der Waals surface area contributed by atoms with Crippen LogP contribution in [0.3, 0.4) is 0 Å². The van der Waals surface area contributed by atoms with Crippen LogP contribution in [0.15, 0.2) is 0 Å². The molecule has 1 N–H and O–H groups in total. The second-order valence-corrected chi connectivity index (χ2v) is 2.82. The van der Waals surface area contributed by atoms with Crippen LogP contribution in [0, 0.1) is 0 Å². The maximum absolute atomic E-state index is 10.9. The number of aromatic nitrogens is 4. The van der Waals surface area contributed by atoms with E-state index < -0.39 is 11.4 Å². The molecule has 0 saturated carbocycles. The number of tetrazole rings is 1. The number of rotatable bonds is 3. The second kappa shape index (κ2) is 4.05. The van der Waals surface area contributed by atoms with Crippen LogP contribution < -0.4 is 0 Å². The number of carbonyl (C=O) groups excluding carboxylic acids is 1. The molecule has 0 aliphatic rings. The number of hydrogen-bond donors (Lipinski definition) is 2. The first-order valence-electron chi connectivity index (χ1n) is 3.28. The third-order valence-corrected chi connectivity index (χ3v) is 1.10. The highest BCUT2D eigenvalue weighted by molar-refractivity contribution is 7.80. The maximum atomic E-state index is 10.9. The van der Waals surface area contributed by atoms with Crippen molar-refractivity contribution in [3.05, 3.63) is 5.82 Å². The van der Waals surface area contributed by atoms with Crippen molar-refractivity contribution < 1.29 is 9.53 Å². The highest BCUT2D eigenvalue weighted by atomic mass is 32.1. The van der Waals surface area contributed by atoms with E-state index >= 15 is 0 Å². The standard InChI is InChI=1S/C5H8N4O2S/c1-3(12)11-5(10)2-4-6-8-9-7-4/h3,12H,2H2,1H3,(H,6,7,8,9). The van der Waals surface area contributed by atoms with Gasteiger partial charge in [0.05, 0.1) is 0 Å². The van der Waals surface area contributed by atoms with Crippen LogP contribution in [0.1, 0.15) is 12.7 Å². The van der Waals surface area contributed by atoms with Gasteiger partial charge in [-0.3, -0.25) is 4.79 Å². The topological polar surface area (TPSA) is 80.8 Å². The van der Waals surface area contributed by atoms with Gasteiger partial charge in [-0.15, -0.1) is 22.8 Å². The lowest BCUT2D eigenvalue weighted by atomic mass is 10.4. The van der Waals surface area contributed by atoms with Crippen molar-refractivity contribution in [3.63, 3.8) is 0 Å². The van der Waals surface area contributed by atoms with E-state index in [9.17, 15) is 4.79 Å². The molecule has 66 valence electrons. The van der Waals surface area contributed by atoms with E-state index in [4.69, 9.17) is 4.74 Å². The minimum Gasteiger partial charge on any atom is -0.451 e. The summed E-state index contributed by atoms with van der Waals surface area (Å²) in [5, 5.41) is 12.7. The molecule has 1 unspecified atom stereocenters. The Kier molecular flexibility index (Phi) is 3.03. The predicted octanol–water partition coefficient (Wildman–Crippen LogP) is -0.439. The molecule has 0 aromatic carbocycles. The molecule has 1 rings (SSSR count). The van der Waals surface area contributed by atoms with Crippen molar-refractivity contribution in [2.24, 2.45) is 0 Å². The SMILES string of the molecule is CC(S)OC(=O)Cc1nn[nH]n1. The summed E-state index contributed by atoms with van der Waals surface area (Å²) in [5.41, 5.74) is -0.413. The fraction of sp³-hybridized carbons (Fsp3) is 0.600. The van der Waals surface area contributed by atoms with Crippen molar-refractivity contribution in [3.8, 4) is 0 Å². The lowest BCUT2D eigenvalue weighted by Gasteiger charge is -2.04. The smallest absolute Gasteiger partial charge is 0.314 e. The van der Waals surface area contributed by atoms with Crippen LogP contribution in [0.4, 0.5) is 0 Å². The molecule has 0 amide bonds. The highest BCUT2D eigenvalue weighted by Crippen LogP contribution is 1.98. The largest absolute Gasteiger partial charge is 0.451 e. The zero-order valence-corrected chi connectivity index (χ0v) is 7.28. The number of ether oxygens (including phenoxy) is 1. The fourth-order valence-corrected chi connectivity index (χ4v) is 0.736. The average Bonchev–Trinajstić information content (AvgIpc) is 2.37. The van der Waals surface area contributed by atoms with E-state index in [1.54, 1.807) is 6.92 Å². The summed E-state index contributed by atoms with van der Waals surface area (Å²) in [7, 11) is 0. The molecule has 0 saturated heterocycles. The van der Waals surface area contributed by atoms with Gasteiger partial charge >= 0.3 is 5.97 Å². The van der Waals surface area contributed by atoms with Gasteiger partial charge in [0.25, 0.3) is 0 Å². The Labute approximate surface area is 74.1 Å². The first kappa shape index (κ1) is 8.98. The van der Waals surface area contributed by atoms with Gasteiger partial charge in [0, 0.05) is 0 Å². The summed E-state index contributed by atoms with van der Waals surface area (Å²) in [6, 6.07) is 0. The van der Waals surface area contributed by atoms with Gasteiger partial charge < -0.3 is 4.74 Å². The number of esters is 1. The molecule has 0 aliphatic carbocycles. The number of carbonyl (C=O) groups is 1. The van der Waals surface area contributed by atoms with Gasteiger partial charge in [0.1, 0.15) is 11.9 Å². The lowest BCUT2D eigenvalue weighted by molar-refractivity contribution is -0.143. The van der Waals surface area contributed by atoms with E-state index in [0.717, 1.165) is 0 Å². The van der Waals surface area contributed by atoms with Gasteiger partial charge in [-0.1, -0.05) is 5.21 Å². The van der Waals surface area contributed by atoms with Crippen molar-refractivity contribution in [1.29, 1.82) is 0 Å². The number of thiol groups is 1. The molecule has 6 nitrogen and oxygen atoms in total. The zero-order chi connectivity index (χ0) is 8.97. The van der Waals surface area contributed by atoms with Crippen molar-refractivity contribution >= 4 is 18.6 Å². The monoisotopic (exact) mass is 188 g/mol. The molecule has 12 heavy (non-hydrogen) atoms. The zero-order valence-electron chi connectivity index (χ0n) is 6.39. The van der Waals surface area contributed by atoms with E-state index in [0.29, 0.717) is 5.82 Å². The molecule has 1 atom stereocenters. The second-order valence-electron chi connectivity index (χ2n) is 2.09. The van der Waals surface area contributed by atoms with E-state index in [1.165, 1.54) is 0 Å². The third kappa shape index (κ3) is 2.87. The molecule has 0 bridgehead atoms. The summed E-state index contributed by atoms with van der Waals surface area (Å²) < 4.78 is 4.73. The Balaban J connectivity index is 2.37. The van der Waals surface area contributed by atoms with Crippen LogP contribution in [-0.2, 0) is 16.0 Å². The highest BCUT2D eigenvalue weighted by Gasteiger charge is 2.09.